The van der Waals surface area contributed by atoms with E-state index in [0.717, 1.165) is 10.9 Å². The number of aromatic amines is 1. The van der Waals surface area contributed by atoms with Gasteiger partial charge in [-0.15, -0.1) is 0 Å². The van der Waals surface area contributed by atoms with Crippen molar-refractivity contribution in [2.75, 3.05) is 44.3 Å². The highest BCUT2D eigenvalue weighted by Crippen LogP contribution is 2.33. The van der Waals surface area contributed by atoms with Crippen molar-refractivity contribution in [3.63, 3.8) is 0 Å². The molecule has 0 aliphatic carbocycles. The number of nitrogens with one attached hydrogen (secondary N) is 1. The van der Waals surface area contributed by atoms with Crippen molar-refractivity contribution in [1.29, 1.82) is 0 Å². The number of hydrogen-bond acceptors (Lipinski definition) is 8. The van der Waals surface area contributed by atoms with Crippen molar-refractivity contribution in [3.05, 3.63) is 40.2 Å². The molecule has 1 saturated heterocycles. The summed E-state index contributed by atoms with van der Waals surface area (Å²) >= 11 is 0. The summed E-state index contributed by atoms with van der Waals surface area (Å²) in [6.45, 7) is 2.74. The van der Waals surface area contributed by atoms with Crippen molar-refractivity contribution >= 4 is 22.8 Å². The standard InChI is InChI=1S/C21H22F6N8O3/c1-12(35-14-10-30-31-18(37)16(14)17(32-35)21(25,26)27)11-38-7-2-15(36)33-3-5-34(6-4-33)19-28-8-13(9-29-19)20(22,23)24/h8-10,12H,2-7,11H2,1H3,(H,31,37). The molecule has 0 aromatic carbocycles. The number of anilines is 1. The lowest BCUT2D eigenvalue weighted by Crippen LogP contribution is -2.49. The van der Waals surface area contributed by atoms with E-state index in [4.69, 9.17) is 4.74 Å². The van der Waals surface area contributed by atoms with Gasteiger partial charge in [0.05, 0.1) is 43.0 Å². The maximum absolute atomic E-state index is 13.4. The Hall–Kier alpha value is -3.76. The molecule has 1 aliphatic rings. The van der Waals surface area contributed by atoms with Gasteiger partial charge in [0.25, 0.3) is 5.56 Å². The van der Waals surface area contributed by atoms with Gasteiger partial charge in [-0.25, -0.2) is 15.1 Å². The van der Waals surface area contributed by atoms with E-state index in [0.29, 0.717) is 38.6 Å². The minimum atomic E-state index is -4.84. The molecule has 1 aliphatic heterocycles. The fraction of sp³-hybridized carbons (Fsp3) is 0.524. The lowest BCUT2D eigenvalue weighted by molar-refractivity contribution is -0.140. The number of fused-ring (bicyclic) bond motifs is 1. The summed E-state index contributed by atoms with van der Waals surface area (Å²) in [5.41, 5.74) is -3.37. The Morgan fingerprint density at radius 1 is 1.05 bits per heavy atom. The van der Waals surface area contributed by atoms with Crippen molar-refractivity contribution in [3.8, 4) is 0 Å². The molecule has 206 valence electrons. The zero-order valence-electron chi connectivity index (χ0n) is 19.9. The van der Waals surface area contributed by atoms with Crippen LogP contribution in [-0.4, -0.2) is 80.1 Å². The molecule has 4 rings (SSSR count). The van der Waals surface area contributed by atoms with E-state index in [2.05, 4.69) is 20.2 Å². The zero-order chi connectivity index (χ0) is 27.7. The van der Waals surface area contributed by atoms with Gasteiger partial charge in [-0.1, -0.05) is 0 Å². The molecule has 3 aromatic rings. The van der Waals surface area contributed by atoms with Gasteiger partial charge in [0.15, 0.2) is 5.69 Å². The number of hydrogen-bond donors (Lipinski definition) is 1. The van der Waals surface area contributed by atoms with Crippen molar-refractivity contribution in [2.24, 2.45) is 0 Å². The Labute approximate surface area is 210 Å². The van der Waals surface area contributed by atoms with Crippen LogP contribution in [0.2, 0.25) is 0 Å². The van der Waals surface area contributed by atoms with E-state index >= 15 is 0 Å². The molecular weight excluding hydrogens is 526 g/mol. The summed E-state index contributed by atoms with van der Waals surface area (Å²) < 4.78 is 84.6. The van der Waals surface area contributed by atoms with E-state index in [1.54, 1.807) is 16.7 Å². The largest absolute Gasteiger partial charge is 0.435 e. The van der Waals surface area contributed by atoms with Crippen LogP contribution < -0.4 is 10.5 Å². The number of amides is 1. The predicted octanol–water partition coefficient (Wildman–Crippen LogP) is 2.26. The van der Waals surface area contributed by atoms with Gasteiger partial charge in [0.1, 0.15) is 5.39 Å². The summed E-state index contributed by atoms with van der Waals surface area (Å²) in [5.74, 6) is -0.0790. The minimum absolute atomic E-state index is 0.00440. The van der Waals surface area contributed by atoms with Crippen LogP contribution in [0.5, 0.6) is 0 Å². The first-order chi connectivity index (χ1) is 17.9. The molecule has 38 heavy (non-hydrogen) atoms. The number of nitrogens with zero attached hydrogens (tertiary/aromatic N) is 7. The van der Waals surface area contributed by atoms with Crippen LogP contribution in [0.4, 0.5) is 32.3 Å². The van der Waals surface area contributed by atoms with Gasteiger partial charge in [-0.3, -0.25) is 14.3 Å². The monoisotopic (exact) mass is 548 g/mol. The summed E-state index contributed by atoms with van der Waals surface area (Å²) in [7, 11) is 0. The number of H-pyrrole nitrogens is 1. The molecule has 1 atom stereocenters. The molecule has 0 radical (unpaired) electrons. The van der Waals surface area contributed by atoms with Crippen LogP contribution in [0.25, 0.3) is 10.9 Å². The highest BCUT2D eigenvalue weighted by Gasteiger charge is 2.39. The maximum Gasteiger partial charge on any atom is 0.435 e. The van der Waals surface area contributed by atoms with Crippen LogP contribution in [0.15, 0.2) is 23.4 Å². The number of aromatic nitrogens is 6. The predicted molar refractivity (Wildman–Crippen MR) is 119 cm³/mol. The van der Waals surface area contributed by atoms with E-state index in [1.165, 1.54) is 0 Å². The minimum Gasteiger partial charge on any atom is -0.379 e. The van der Waals surface area contributed by atoms with Crippen LogP contribution in [0.1, 0.15) is 30.6 Å². The summed E-state index contributed by atoms with van der Waals surface area (Å²) in [5, 5.41) is 8.47. The Kier molecular flexibility index (Phi) is 7.57. The smallest absolute Gasteiger partial charge is 0.379 e. The quantitative estimate of drug-likeness (QED) is 0.353. The number of alkyl halides is 6. The molecule has 11 nitrogen and oxygen atoms in total. The number of rotatable bonds is 7. The van der Waals surface area contributed by atoms with Gasteiger partial charge in [-0.05, 0) is 6.92 Å². The number of halogens is 6. The Bertz CT molecular complexity index is 1330. The van der Waals surface area contributed by atoms with Crippen LogP contribution >= 0.6 is 0 Å². The number of piperazine rings is 1. The van der Waals surface area contributed by atoms with Gasteiger partial charge >= 0.3 is 12.4 Å². The SMILES string of the molecule is CC(COCCC(=O)N1CCN(c2ncc(C(F)(F)F)cn2)CC1)n1nc(C(F)(F)F)c2c(=O)[nH]ncc21. The number of carbonyl (C=O) groups excluding carboxylic acids is 1. The van der Waals surface area contributed by atoms with Gasteiger partial charge < -0.3 is 14.5 Å². The normalized spacial score (nSPS) is 15.8. The average Bonchev–Trinajstić information content (AvgIpc) is 3.28. The van der Waals surface area contributed by atoms with E-state index < -0.39 is 40.6 Å². The van der Waals surface area contributed by atoms with Gasteiger partial charge in [0, 0.05) is 38.6 Å². The molecule has 1 N–H and O–H groups in total. The third-order valence-corrected chi connectivity index (χ3v) is 5.91. The molecule has 1 unspecified atom stereocenters. The zero-order valence-corrected chi connectivity index (χ0v) is 19.9. The second-order valence-electron chi connectivity index (χ2n) is 8.56. The van der Waals surface area contributed by atoms with E-state index in [-0.39, 0.29) is 37.0 Å². The summed E-state index contributed by atoms with van der Waals surface area (Å²) in [6, 6.07) is -0.695. The fourth-order valence-electron chi connectivity index (χ4n) is 3.97. The average molecular weight is 548 g/mol. The molecule has 3 aromatic heterocycles. The number of carbonyl (C=O) groups is 1. The number of ether oxygens (including phenoxy) is 1. The Morgan fingerprint density at radius 2 is 1.71 bits per heavy atom. The first-order valence-electron chi connectivity index (χ1n) is 11.4. The Balaban J connectivity index is 1.26. The maximum atomic E-state index is 13.4. The van der Waals surface area contributed by atoms with Crippen molar-refractivity contribution in [2.45, 2.75) is 31.7 Å². The highest BCUT2D eigenvalue weighted by atomic mass is 19.4. The van der Waals surface area contributed by atoms with Crippen LogP contribution in [0, 0.1) is 0 Å². The highest BCUT2D eigenvalue weighted by molar-refractivity contribution is 5.80. The first kappa shape index (κ1) is 27.3. The van der Waals surface area contributed by atoms with Crippen molar-refractivity contribution < 1.29 is 35.9 Å². The van der Waals surface area contributed by atoms with Gasteiger partial charge in [0.2, 0.25) is 11.9 Å². The Morgan fingerprint density at radius 3 is 2.32 bits per heavy atom. The molecule has 0 saturated carbocycles. The summed E-state index contributed by atoms with van der Waals surface area (Å²) in [4.78, 5) is 35.2. The van der Waals surface area contributed by atoms with Crippen LogP contribution in [0.3, 0.4) is 0 Å². The topological polar surface area (TPSA) is 122 Å². The van der Waals surface area contributed by atoms with Crippen LogP contribution in [-0.2, 0) is 21.9 Å². The molecule has 4 heterocycles. The van der Waals surface area contributed by atoms with E-state index in [1.807, 2.05) is 5.10 Å². The van der Waals surface area contributed by atoms with E-state index in [9.17, 15) is 35.9 Å². The molecule has 1 fully saturated rings. The molecule has 17 heteroatoms. The fourth-order valence-corrected chi connectivity index (χ4v) is 3.97. The van der Waals surface area contributed by atoms with Gasteiger partial charge in [-0.2, -0.15) is 36.5 Å². The molecule has 0 spiro atoms. The molecule has 0 bridgehead atoms. The second kappa shape index (κ2) is 10.5. The molecular formula is C21H22F6N8O3. The molecule has 1 amide bonds. The third kappa shape index (κ3) is 5.87. The second-order valence-corrected chi connectivity index (χ2v) is 8.56. The first-order valence-corrected chi connectivity index (χ1v) is 11.4. The lowest BCUT2D eigenvalue weighted by atomic mass is 10.2. The van der Waals surface area contributed by atoms with Crippen molar-refractivity contribution in [1.82, 2.24) is 34.8 Å². The third-order valence-electron chi connectivity index (χ3n) is 5.91. The lowest BCUT2D eigenvalue weighted by Gasteiger charge is -2.34. The summed E-state index contributed by atoms with van der Waals surface area (Å²) in [6.07, 6.45) is -6.86.